The van der Waals surface area contributed by atoms with Crippen molar-refractivity contribution in [1.29, 1.82) is 0 Å². The third-order valence-corrected chi connectivity index (χ3v) is 3.78. The molecule has 2 N–H and O–H groups in total. The van der Waals surface area contributed by atoms with Gasteiger partial charge in [-0.3, -0.25) is 0 Å². The SMILES string of the molecule is CC.CCc1cn2ncnc(Nc3ccc(C)c(O)c3)c2c1C. The van der Waals surface area contributed by atoms with E-state index in [1.807, 2.05) is 43.6 Å². The van der Waals surface area contributed by atoms with Crippen LogP contribution < -0.4 is 5.32 Å². The lowest BCUT2D eigenvalue weighted by molar-refractivity contribution is 0.471. The van der Waals surface area contributed by atoms with Gasteiger partial charge in [0.05, 0.1) is 0 Å². The topological polar surface area (TPSA) is 62.5 Å². The van der Waals surface area contributed by atoms with Crippen LogP contribution in [0.3, 0.4) is 0 Å². The van der Waals surface area contributed by atoms with E-state index >= 15 is 0 Å². The van der Waals surface area contributed by atoms with Gasteiger partial charge in [0.1, 0.15) is 17.6 Å². The molecule has 3 aromatic rings. The Bertz CT molecular complexity index is 808. The van der Waals surface area contributed by atoms with E-state index in [1.165, 1.54) is 17.5 Å². The van der Waals surface area contributed by atoms with Crippen LogP contribution in [0.5, 0.6) is 5.75 Å². The summed E-state index contributed by atoms with van der Waals surface area (Å²) in [6.07, 6.45) is 4.52. The quantitative estimate of drug-likeness (QED) is 0.753. The molecule has 2 heterocycles. The molecule has 0 spiro atoms. The Labute approximate surface area is 137 Å². The molecular weight excluding hydrogens is 288 g/mol. The maximum atomic E-state index is 9.81. The number of nitrogens with one attached hydrogen (secondary N) is 1. The van der Waals surface area contributed by atoms with Gasteiger partial charge in [-0.05, 0) is 43.0 Å². The summed E-state index contributed by atoms with van der Waals surface area (Å²) in [6.45, 7) is 10.1. The lowest BCUT2D eigenvalue weighted by atomic mass is 10.1. The van der Waals surface area contributed by atoms with Gasteiger partial charge in [-0.25, -0.2) is 9.50 Å². The van der Waals surface area contributed by atoms with Crippen LogP contribution >= 0.6 is 0 Å². The summed E-state index contributed by atoms with van der Waals surface area (Å²) in [7, 11) is 0. The van der Waals surface area contributed by atoms with Crippen LogP contribution in [0.1, 0.15) is 37.5 Å². The lowest BCUT2D eigenvalue weighted by Crippen LogP contribution is -2.00. The van der Waals surface area contributed by atoms with Crippen molar-refractivity contribution >= 4 is 17.0 Å². The molecule has 3 rings (SSSR count). The molecule has 0 radical (unpaired) electrons. The molecule has 0 fully saturated rings. The van der Waals surface area contributed by atoms with E-state index < -0.39 is 0 Å². The standard InChI is InChI=1S/C16H18N4O.C2H6/c1-4-12-8-20-15(11(12)3)16(17-9-18-20)19-13-6-5-10(2)14(21)7-13;1-2/h5-9,21H,4H2,1-3H3,(H,17,18,19);1-2H3. The van der Waals surface area contributed by atoms with E-state index in [0.29, 0.717) is 0 Å². The molecule has 0 aliphatic heterocycles. The number of nitrogens with zero attached hydrogens (tertiary/aromatic N) is 3. The zero-order valence-electron chi connectivity index (χ0n) is 14.4. The number of aromatic hydroxyl groups is 1. The molecule has 1 aromatic carbocycles. The molecule has 122 valence electrons. The summed E-state index contributed by atoms with van der Waals surface area (Å²) in [5.74, 6) is 1.01. The monoisotopic (exact) mass is 312 g/mol. The molecule has 2 aromatic heterocycles. The predicted molar refractivity (Wildman–Crippen MR) is 94.6 cm³/mol. The number of fused-ring (bicyclic) bond motifs is 1. The Morgan fingerprint density at radius 3 is 2.61 bits per heavy atom. The molecule has 0 atom stereocenters. The van der Waals surface area contributed by atoms with Crippen molar-refractivity contribution in [2.75, 3.05) is 5.32 Å². The molecule has 0 aliphatic rings. The largest absolute Gasteiger partial charge is 0.508 e. The Balaban J connectivity index is 0.000000924. The number of rotatable bonds is 3. The number of anilines is 2. The Hall–Kier alpha value is -2.56. The molecule has 5 nitrogen and oxygen atoms in total. The maximum Gasteiger partial charge on any atom is 0.158 e. The number of hydrogen-bond acceptors (Lipinski definition) is 4. The minimum atomic E-state index is 0.270. The highest BCUT2D eigenvalue weighted by atomic mass is 16.3. The molecule has 23 heavy (non-hydrogen) atoms. The smallest absolute Gasteiger partial charge is 0.158 e. The van der Waals surface area contributed by atoms with Gasteiger partial charge >= 0.3 is 0 Å². The van der Waals surface area contributed by atoms with Gasteiger partial charge in [0.15, 0.2) is 5.82 Å². The highest BCUT2D eigenvalue weighted by molar-refractivity contribution is 5.77. The van der Waals surface area contributed by atoms with Crippen molar-refractivity contribution in [2.45, 2.75) is 41.0 Å². The van der Waals surface area contributed by atoms with Crippen molar-refractivity contribution in [1.82, 2.24) is 14.6 Å². The zero-order valence-corrected chi connectivity index (χ0v) is 14.4. The molecule has 0 aliphatic carbocycles. The second-order valence-corrected chi connectivity index (χ2v) is 5.16. The van der Waals surface area contributed by atoms with E-state index in [4.69, 9.17) is 0 Å². The van der Waals surface area contributed by atoms with E-state index in [1.54, 1.807) is 6.07 Å². The first kappa shape index (κ1) is 16.8. The van der Waals surface area contributed by atoms with Crippen molar-refractivity contribution in [3.8, 4) is 5.75 Å². The van der Waals surface area contributed by atoms with E-state index in [-0.39, 0.29) is 5.75 Å². The fourth-order valence-electron chi connectivity index (χ4n) is 2.48. The normalized spacial score (nSPS) is 10.3. The fourth-order valence-corrected chi connectivity index (χ4v) is 2.48. The predicted octanol–water partition coefficient (Wildman–Crippen LogP) is 4.38. The van der Waals surface area contributed by atoms with Gasteiger partial charge < -0.3 is 10.4 Å². The summed E-state index contributed by atoms with van der Waals surface area (Å²) in [5.41, 5.74) is 5.05. The molecule has 0 unspecified atom stereocenters. The van der Waals surface area contributed by atoms with Gasteiger partial charge in [-0.2, -0.15) is 5.10 Å². The van der Waals surface area contributed by atoms with Crippen LogP contribution in [0.4, 0.5) is 11.5 Å². The average Bonchev–Trinajstić information content (AvgIpc) is 2.90. The minimum Gasteiger partial charge on any atom is -0.508 e. The lowest BCUT2D eigenvalue weighted by Gasteiger charge is -2.09. The van der Waals surface area contributed by atoms with Gasteiger partial charge in [-0.1, -0.05) is 26.8 Å². The third-order valence-electron chi connectivity index (χ3n) is 3.78. The second kappa shape index (κ2) is 7.13. The number of aryl methyl sites for hydroxylation is 3. The molecular formula is C18H24N4O. The van der Waals surface area contributed by atoms with Crippen LogP contribution in [0.2, 0.25) is 0 Å². The highest BCUT2D eigenvalue weighted by Gasteiger charge is 2.12. The summed E-state index contributed by atoms with van der Waals surface area (Å²) in [4.78, 5) is 4.34. The fraction of sp³-hybridized carbons (Fsp3) is 0.333. The first-order valence-electron chi connectivity index (χ1n) is 7.98. The molecule has 5 heteroatoms. The molecule has 0 amide bonds. The molecule has 0 saturated heterocycles. The van der Waals surface area contributed by atoms with Gasteiger partial charge in [0.2, 0.25) is 0 Å². The van der Waals surface area contributed by atoms with Crippen molar-refractivity contribution in [3.63, 3.8) is 0 Å². The Morgan fingerprint density at radius 1 is 1.22 bits per heavy atom. The Morgan fingerprint density at radius 2 is 1.96 bits per heavy atom. The zero-order chi connectivity index (χ0) is 17.0. The van der Waals surface area contributed by atoms with Gasteiger partial charge in [0.25, 0.3) is 0 Å². The van der Waals surface area contributed by atoms with Crippen LogP contribution in [0.25, 0.3) is 5.52 Å². The number of benzene rings is 1. The summed E-state index contributed by atoms with van der Waals surface area (Å²) in [6, 6.07) is 5.50. The van der Waals surface area contributed by atoms with Crippen LogP contribution in [-0.4, -0.2) is 19.7 Å². The second-order valence-electron chi connectivity index (χ2n) is 5.16. The first-order chi connectivity index (χ1) is 11.1. The highest BCUT2D eigenvalue weighted by Crippen LogP contribution is 2.27. The van der Waals surface area contributed by atoms with E-state index in [0.717, 1.165) is 29.0 Å². The number of phenolic OH excluding ortho intramolecular Hbond substituents is 1. The van der Waals surface area contributed by atoms with Gasteiger partial charge in [0, 0.05) is 18.0 Å². The Kier molecular flexibility index (Phi) is 5.21. The van der Waals surface area contributed by atoms with Crippen LogP contribution in [0.15, 0.2) is 30.7 Å². The number of hydrogen-bond donors (Lipinski definition) is 2. The summed E-state index contributed by atoms with van der Waals surface area (Å²) >= 11 is 0. The van der Waals surface area contributed by atoms with Gasteiger partial charge in [-0.15, -0.1) is 0 Å². The first-order valence-corrected chi connectivity index (χ1v) is 7.98. The van der Waals surface area contributed by atoms with Crippen molar-refractivity contribution in [2.24, 2.45) is 0 Å². The maximum absolute atomic E-state index is 9.81. The summed E-state index contributed by atoms with van der Waals surface area (Å²) < 4.78 is 1.84. The number of aromatic nitrogens is 3. The van der Waals surface area contributed by atoms with Crippen molar-refractivity contribution < 1.29 is 5.11 Å². The van der Waals surface area contributed by atoms with Crippen LogP contribution in [0, 0.1) is 13.8 Å². The summed E-state index contributed by atoms with van der Waals surface area (Å²) in [5, 5.41) is 17.3. The minimum absolute atomic E-state index is 0.270. The van der Waals surface area contributed by atoms with E-state index in [2.05, 4.69) is 29.2 Å². The third kappa shape index (κ3) is 3.28. The van der Waals surface area contributed by atoms with Crippen molar-refractivity contribution in [3.05, 3.63) is 47.4 Å². The molecule has 0 saturated carbocycles. The molecule has 0 bridgehead atoms. The number of phenols is 1. The van der Waals surface area contributed by atoms with Crippen LogP contribution in [-0.2, 0) is 6.42 Å². The van der Waals surface area contributed by atoms with E-state index in [9.17, 15) is 5.11 Å². The average molecular weight is 312 g/mol.